The van der Waals surface area contributed by atoms with Crippen molar-refractivity contribution in [3.63, 3.8) is 0 Å². The first kappa shape index (κ1) is 13.8. The van der Waals surface area contributed by atoms with Gasteiger partial charge in [-0.1, -0.05) is 23.2 Å². The van der Waals surface area contributed by atoms with Gasteiger partial charge in [-0.15, -0.1) is 0 Å². The molecule has 1 heterocycles. The summed E-state index contributed by atoms with van der Waals surface area (Å²) in [7, 11) is 0. The lowest BCUT2D eigenvalue weighted by atomic mass is 10.3. The van der Waals surface area contributed by atoms with Crippen LogP contribution >= 0.6 is 23.2 Å². The fraction of sp³-hybridized carbons (Fsp3) is 0.400. The molecule has 1 aromatic rings. The van der Waals surface area contributed by atoms with E-state index in [1.165, 1.54) is 0 Å². The number of anilines is 2. The van der Waals surface area contributed by atoms with E-state index in [-0.39, 0.29) is 0 Å². The van der Waals surface area contributed by atoms with Crippen LogP contribution < -0.4 is 16.2 Å². The molecule has 0 fully saturated rings. The number of nitrogens with one attached hydrogen (secondary N) is 1. The van der Waals surface area contributed by atoms with Crippen molar-refractivity contribution in [2.24, 2.45) is 5.84 Å². The highest BCUT2D eigenvalue weighted by Crippen LogP contribution is 2.30. The van der Waals surface area contributed by atoms with Crippen LogP contribution in [0.5, 0.6) is 0 Å². The van der Waals surface area contributed by atoms with Gasteiger partial charge in [0.05, 0.1) is 22.5 Å². The molecule has 0 aliphatic carbocycles. The molecule has 0 amide bonds. The van der Waals surface area contributed by atoms with Gasteiger partial charge in [-0.25, -0.2) is 10.8 Å². The summed E-state index contributed by atoms with van der Waals surface area (Å²) >= 11 is 12.0. The molecule has 0 unspecified atom stereocenters. The lowest BCUT2D eigenvalue weighted by molar-refractivity contribution is 0.811. The smallest absolute Gasteiger partial charge is 0.161 e. The summed E-state index contributed by atoms with van der Waals surface area (Å²) in [6.45, 7) is 3.21. The molecule has 92 valence electrons. The van der Waals surface area contributed by atoms with Gasteiger partial charge >= 0.3 is 0 Å². The number of nitrogens with two attached hydrogens (primary N) is 1. The monoisotopic (exact) mass is 273 g/mol. The maximum atomic E-state index is 8.59. The molecule has 3 N–H and O–H groups in total. The summed E-state index contributed by atoms with van der Waals surface area (Å²) < 4.78 is 0. The lowest BCUT2D eigenvalue weighted by Crippen LogP contribution is -2.25. The van der Waals surface area contributed by atoms with E-state index < -0.39 is 0 Å². The number of hydrogen-bond donors (Lipinski definition) is 2. The quantitative estimate of drug-likeness (QED) is 0.636. The molecule has 0 saturated heterocycles. The summed E-state index contributed by atoms with van der Waals surface area (Å²) in [6.07, 6.45) is 0.403. The molecule has 17 heavy (non-hydrogen) atoms. The van der Waals surface area contributed by atoms with Crippen molar-refractivity contribution in [2.75, 3.05) is 23.4 Å². The number of hydrogen-bond acceptors (Lipinski definition) is 5. The van der Waals surface area contributed by atoms with Crippen LogP contribution in [0.1, 0.15) is 13.3 Å². The number of hydrazine groups is 1. The highest BCUT2D eigenvalue weighted by molar-refractivity contribution is 6.37. The van der Waals surface area contributed by atoms with Gasteiger partial charge in [-0.05, 0) is 13.0 Å². The van der Waals surface area contributed by atoms with Crippen LogP contribution in [0.2, 0.25) is 10.0 Å². The van der Waals surface area contributed by atoms with Gasteiger partial charge in [0.1, 0.15) is 5.82 Å². The molecule has 1 aromatic heterocycles. The Hall–Kier alpha value is -1.22. The molecular formula is C10H13Cl2N5. The maximum absolute atomic E-state index is 8.59. The van der Waals surface area contributed by atoms with E-state index in [4.69, 9.17) is 34.3 Å². The Morgan fingerprint density at radius 2 is 2.24 bits per heavy atom. The Morgan fingerprint density at radius 3 is 2.76 bits per heavy atom. The van der Waals surface area contributed by atoms with E-state index in [1.807, 2.05) is 11.8 Å². The Bertz CT molecular complexity index is 429. The van der Waals surface area contributed by atoms with Crippen LogP contribution in [0.4, 0.5) is 11.6 Å². The summed E-state index contributed by atoms with van der Waals surface area (Å²) in [6, 6.07) is 3.66. The lowest BCUT2D eigenvalue weighted by Gasteiger charge is -2.22. The molecular weight excluding hydrogens is 261 g/mol. The van der Waals surface area contributed by atoms with Gasteiger partial charge in [0.25, 0.3) is 0 Å². The highest BCUT2D eigenvalue weighted by Gasteiger charge is 2.13. The van der Waals surface area contributed by atoms with Crippen LogP contribution in [0.25, 0.3) is 0 Å². The summed E-state index contributed by atoms with van der Waals surface area (Å²) in [5.74, 6) is 6.23. The highest BCUT2D eigenvalue weighted by atomic mass is 35.5. The van der Waals surface area contributed by atoms with Gasteiger partial charge in [0, 0.05) is 13.1 Å². The fourth-order valence-electron chi connectivity index (χ4n) is 1.38. The summed E-state index contributed by atoms with van der Waals surface area (Å²) in [5, 5.41) is 9.39. The average molecular weight is 274 g/mol. The minimum absolute atomic E-state index is 0.359. The van der Waals surface area contributed by atoms with Crippen molar-refractivity contribution in [1.29, 1.82) is 5.26 Å². The number of nitrogen functional groups attached to an aromatic ring is 1. The van der Waals surface area contributed by atoms with Crippen LogP contribution in [0.15, 0.2) is 6.07 Å². The second-order valence-corrected chi connectivity index (χ2v) is 4.07. The van der Waals surface area contributed by atoms with E-state index in [9.17, 15) is 0 Å². The number of halogens is 2. The molecule has 5 nitrogen and oxygen atoms in total. The van der Waals surface area contributed by atoms with E-state index in [0.29, 0.717) is 41.2 Å². The third kappa shape index (κ3) is 3.37. The van der Waals surface area contributed by atoms with Gasteiger partial charge < -0.3 is 10.3 Å². The van der Waals surface area contributed by atoms with Gasteiger partial charge in [0.2, 0.25) is 0 Å². The Labute approximate surface area is 110 Å². The molecule has 1 rings (SSSR count). The van der Waals surface area contributed by atoms with Crippen molar-refractivity contribution in [2.45, 2.75) is 13.3 Å². The van der Waals surface area contributed by atoms with Crippen molar-refractivity contribution < 1.29 is 0 Å². The molecule has 0 atom stereocenters. The average Bonchev–Trinajstić information content (AvgIpc) is 2.32. The number of nitrogens with zero attached hydrogens (tertiary/aromatic N) is 3. The van der Waals surface area contributed by atoms with E-state index in [2.05, 4.69) is 16.5 Å². The van der Waals surface area contributed by atoms with Crippen molar-refractivity contribution in [3.05, 3.63) is 16.1 Å². The standard InChI is InChI=1S/C10H13Cl2N5/c1-2-17(5-3-4-13)10-8(12)6-7(11)9(15-10)16-14/h6H,2-3,5,14H2,1H3,(H,15,16). The second kappa shape index (κ2) is 6.50. The minimum Gasteiger partial charge on any atom is -0.355 e. The van der Waals surface area contributed by atoms with E-state index >= 15 is 0 Å². The second-order valence-electron chi connectivity index (χ2n) is 3.26. The van der Waals surface area contributed by atoms with Crippen molar-refractivity contribution in [1.82, 2.24) is 4.98 Å². The number of pyridine rings is 1. The first-order chi connectivity index (χ1) is 8.13. The molecule has 0 aliphatic heterocycles. The van der Waals surface area contributed by atoms with Gasteiger partial charge in [0.15, 0.2) is 5.82 Å². The summed E-state index contributed by atoms with van der Waals surface area (Å²) in [5.41, 5.74) is 2.40. The van der Waals surface area contributed by atoms with Crippen LogP contribution in [0.3, 0.4) is 0 Å². The number of nitriles is 1. The predicted octanol–water partition coefficient (Wildman–Crippen LogP) is 2.41. The summed E-state index contributed by atoms with van der Waals surface area (Å²) in [4.78, 5) is 6.12. The first-order valence-corrected chi connectivity index (χ1v) is 5.84. The molecule has 0 bridgehead atoms. The van der Waals surface area contributed by atoms with Crippen LogP contribution in [-0.2, 0) is 0 Å². The van der Waals surface area contributed by atoms with Gasteiger partial charge in [-0.2, -0.15) is 5.26 Å². The number of aromatic nitrogens is 1. The SMILES string of the molecule is CCN(CCC#N)c1nc(NN)c(Cl)cc1Cl. The van der Waals surface area contributed by atoms with Crippen molar-refractivity contribution >= 4 is 34.8 Å². The third-order valence-electron chi connectivity index (χ3n) is 2.22. The van der Waals surface area contributed by atoms with E-state index in [1.54, 1.807) is 6.07 Å². The predicted molar refractivity (Wildman–Crippen MR) is 70.2 cm³/mol. The molecule has 0 aliphatic rings. The normalized spacial score (nSPS) is 9.82. The first-order valence-electron chi connectivity index (χ1n) is 5.08. The van der Waals surface area contributed by atoms with Crippen LogP contribution in [-0.4, -0.2) is 18.1 Å². The fourth-order valence-corrected chi connectivity index (χ4v) is 1.91. The number of rotatable bonds is 5. The third-order valence-corrected chi connectivity index (χ3v) is 2.79. The topological polar surface area (TPSA) is 78.0 Å². The largest absolute Gasteiger partial charge is 0.355 e. The Kier molecular flexibility index (Phi) is 5.29. The Morgan fingerprint density at radius 1 is 1.53 bits per heavy atom. The zero-order chi connectivity index (χ0) is 12.8. The van der Waals surface area contributed by atoms with Crippen molar-refractivity contribution in [3.8, 4) is 6.07 Å². The molecule has 0 radical (unpaired) electrons. The molecule has 0 spiro atoms. The zero-order valence-electron chi connectivity index (χ0n) is 9.37. The van der Waals surface area contributed by atoms with E-state index in [0.717, 1.165) is 0 Å². The Balaban J connectivity index is 3.06. The maximum Gasteiger partial charge on any atom is 0.161 e. The molecule has 7 heteroatoms. The molecule has 0 saturated carbocycles. The van der Waals surface area contributed by atoms with Gasteiger partial charge in [-0.3, -0.25) is 0 Å². The molecule has 0 aromatic carbocycles. The minimum atomic E-state index is 0.359. The van der Waals surface area contributed by atoms with Crippen LogP contribution in [0, 0.1) is 11.3 Å². The zero-order valence-corrected chi connectivity index (χ0v) is 10.9.